The Morgan fingerprint density at radius 3 is 2.25 bits per heavy atom. The third kappa shape index (κ3) is 1.58. The van der Waals surface area contributed by atoms with Crippen LogP contribution in [0.5, 0.6) is 0 Å². The molecule has 0 amide bonds. The first-order valence-electron chi connectivity index (χ1n) is 2.58. The summed E-state index contributed by atoms with van der Waals surface area (Å²) in [5.41, 5.74) is -0.806. The van der Waals surface area contributed by atoms with Crippen molar-refractivity contribution in [2.24, 2.45) is 5.18 Å². The fourth-order valence-electron chi connectivity index (χ4n) is 0.246. The van der Waals surface area contributed by atoms with E-state index < -0.39 is 5.72 Å². The molecule has 0 aliphatic rings. The molecule has 0 N–H and O–H groups in total. The Hall–Kier alpha value is -0.440. The highest BCUT2D eigenvalue weighted by atomic mass is 16.5. The Labute approximate surface area is 49.0 Å². The van der Waals surface area contributed by atoms with E-state index in [-0.39, 0.29) is 0 Å². The Morgan fingerprint density at radius 1 is 1.75 bits per heavy atom. The second-order valence-corrected chi connectivity index (χ2v) is 1.82. The zero-order valence-corrected chi connectivity index (χ0v) is 5.47. The standard InChI is InChI=1S/C5H11NO2/c1-4-5(2,6-7)8-3/h4H2,1-3H3. The highest BCUT2D eigenvalue weighted by molar-refractivity contribution is 4.66. The SMILES string of the molecule is CCC(C)(N=O)OC. The summed E-state index contributed by atoms with van der Waals surface area (Å²) in [6.45, 7) is 3.50. The maximum absolute atomic E-state index is 9.91. The molecule has 3 heteroatoms. The minimum Gasteiger partial charge on any atom is -0.354 e. The molecule has 0 saturated carbocycles. The van der Waals surface area contributed by atoms with Crippen molar-refractivity contribution in [2.45, 2.75) is 26.0 Å². The van der Waals surface area contributed by atoms with Crippen molar-refractivity contribution >= 4 is 0 Å². The Balaban J connectivity index is 3.76. The molecule has 0 aromatic rings. The van der Waals surface area contributed by atoms with Crippen molar-refractivity contribution in [3.8, 4) is 0 Å². The molecule has 3 nitrogen and oxygen atoms in total. The number of nitroso groups, excluding NO2 is 1. The number of methoxy groups -OCH3 is 1. The number of hydrogen-bond donors (Lipinski definition) is 0. The molecule has 0 rings (SSSR count). The van der Waals surface area contributed by atoms with E-state index in [4.69, 9.17) is 4.74 Å². The summed E-state index contributed by atoms with van der Waals surface area (Å²) in [5.74, 6) is 0. The van der Waals surface area contributed by atoms with Crippen LogP contribution in [0.3, 0.4) is 0 Å². The fourth-order valence-corrected chi connectivity index (χ4v) is 0.246. The van der Waals surface area contributed by atoms with E-state index in [9.17, 15) is 4.91 Å². The van der Waals surface area contributed by atoms with Crippen molar-refractivity contribution < 1.29 is 4.74 Å². The summed E-state index contributed by atoms with van der Waals surface area (Å²) >= 11 is 0. The van der Waals surface area contributed by atoms with E-state index in [0.29, 0.717) is 6.42 Å². The molecule has 8 heavy (non-hydrogen) atoms. The van der Waals surface area contributed by atoms with E-state index in [1.54, 1.807) is 6.92 Å². The molecule has 0 radical (unpaired) electrons. The lowest BCUT2D eigenvalue weighted by molar-refractivity contribution is 0.00940. The first-order chi connectivity index (χ1) is 3.68. The van der Waals surface area contributed by atoms with Crippen molar-refractivity contribution in [1.29, 1.82) is 0 Å². The molecule has 0 aromatic carbocycles. The van der Waals surface area contributed by atoms with Crippen molar-refractivity contribution in [2.75, 3.05) is 7.11 Å². The van der Waals surface area contributed by atoms with E-state index in [0.717, 1.165) is 0 Å². The molecule has 0 spiro atoms. The van der Waals surface area contributed by atoms with Crippen LogP contribution in [-0.2, 0) is 4.74 Å². The van der Waals surface area contributed by atoms with E-state index >= 15 is 0 Å². The van der Waals surface area contributed by atoms with Gasteiger partial charge < -0.3 is 4.74 Å². The summed E-state index contributed by atoms with van der Waals surface area (Å²) in [7, 11) is 1.48. The van der Waals surface area contributed by atoms with Crippen molar-refractivity contribution in [3.05, 3.63) is 4.91 Å². The molecule has 0 aliphatic carbocycles. The molecule has 0 saturated heterocycles. The first kappa shape index (κ1) is 7.56. The van der Waals surface area contributed by atoms with Gasteiger partial charge in [0.1, 0.15) is 0 Å². The summed E-state index contributed by atoms with van der Waals surface area (Å²) in [5, 5.41) is 2.78. The lowest BCUT2D eigenvalue weighted by Crippen LogP contribution is -2.21. The zero-order chi connectivity index (χ0) is 6.62. The highest BCUT2D eigenvalue weighted by Gasteiger charge is 2.20. The highest BCUT2D eigenvalue weighted by Crippen LogP contribution is 2.13. The van der Waals surface area contributed by atoms with Gasteiger partial charge in [-0.3, -0.25) is 0 Å². The molecule has 1 atom stereocenters. The predicted octanol–water partition coefficient (Wildman–Crippen LogP) is 1.53. The third-order valence-electron chi connectivity index (χ3n) is 1.29. The average Bonchev–Trinajstić information content (AvgIpc) is 1.87. The van der Waals surface area contributed by atoms with Gasteiger partial charge in [-0.15, -0.1) is 4.91 Å². The second kappa shape index (κ2) is 2.77. The van der Waals surface area contributed by atoms with Gasteiger partial charge in [-0.2, -0.15) is 0 Å². The summed E-state index contributed by atoms with van der Waals surface area (Å²) in [4.78, 5) is 9.91. The van der Waals surface area contributed by atoms with Gasteiger partial charge in [0, 0.05) is 7.11 Å². The van der Waals surface area contributed by atoms with E-state index in [1.165, 1.54) is 7.11 Å². The summed E-state index contributed by atoms with van der Waals surface area (Å²) in [6, 6.07) is 0. The molecule has 0 aromatic heterocycles. The van der Waals surface area contributed by atoms with Gasteiger partial charge >= 0.3 is 0 Å². The molecule has 0 bridgehead atoms. The molecule has 0 fully saturated rings. The molecular weight excluding hydrogens is 106 g/mol. The number of hydrogen-bond acceptors (Lipinski definition) is 3. The predicted molar refractivity (Wildman–Crippen MR) is 31.5 cm³/mol. The molecule has 48 valence electrons. The van der Waals surface area contributed by atoms with Crippen LogP contribution in [0.15, 0.2) is 5.18 Å². The third-order valence-corrected chi connectivity index (χ3v) is 1.29. The van der Waals surface area contributed by atoms with Crippen LogP contribution in [0.1, 0.15) is 20.3 Å². The summed E-state index contributed by atoms with van der Waals surface area (Å²) in [6.07, 6.45) is 0.618. The topological polar surface area (TPSA) is 38.7 Å². The largest absolute Gasteiger partial charge is 0.354 e. The normalized spacial score (nSPS) is 17.4. The van der Waals surface area contributed by atoms with Gasteiger partial charge in [-0.25, -0.2) is 0 Å². The lowest BCUT2D eigenvalue weighted by atomic mass is 10.2. The minimum atomic E-state index is -0.806. The molecule has 1 unspecified atom stereocenters. The summed E-state index contributed by atoms with van der Waals surface area (Å²) < 4.78 is 4.76. The number of rotatable bonds is 3. The Morgan fingerprint density at radius 2 is 2.25 bits per heavy atom. The van der Waals surface area contributed by atoms with Gasteiger partial charge in [0.05, 0.1) is 0 Å². The van der Waals surface area contributed by atoms with Gasteiger partial charge in [-0.1, -0.05) is 6.92 Å². The second-order valence-electron chi connectivity index (χ2n) is 1.82. The maximum atomic E-state index is 9.91. The van der Waals surface area contributed by atoms with Crippen LogP contribution in [0.4, 0.5) is 0 Å². The monoisotopic (exact) mass is 117 g/mol. The van der Waals surface area contributed by atoms with Crippen molar-refractivity contribution in [3.63, 3.8) is 0 Å². The van der Waals surface area contributed by atoms with E-state index in [1.807, 2.05) is 6.92 Å². The maximum Gasteiger partial charge on any atom is 0.196 e. The minimum absolute atomic E-state index is 0.618. The van der Waals surface area contributed by atoms with Crippen LogP contribution in [-0.4, -0.2) is 12.8 Å². The van der Waals surface area contributed by atoms with E-state index in [2.05, 4.69) is 5.18 Å². The van der Waals surface area contributed by atoms with Gasteiger partial charge in [0.15, 0.2) is 5.72 Å². The molecule has 0 aliphatic heterocycles. The Bertz CT molecular complexity index is 78.5. The smallest absolute Gasteiger partial charge is 0.196 e. The van der Waals surface area contributed by atoms with Crippen LogP contribution >= 0.6 is 0 Å². The van der Waals surface area contributed by atoms with Gasteiger partial charge in [0.25, 0.3) is 0 Å². The zero-order valence-electron chi connectivity index (χ0n) is 5.47. The van der Waals surface area contributed by atoms with Crippen molar-refractivity contribution in [1.82, 2.24) is 0 Å². The quantitative estimate of drug-likeness (QED) is 0.526. The molecular formula is C5H11NO2. The van der Waals surface area contributed by atoms with Crippen LogP contribution in [0.25, 0.3) is 0 Å². The van der Waals surface area contributed by atoms with Gasteiger partial charge in [-0.05, 0) is 18.5 Å². The molecule has 0 heterocycles. The fraction of sp³-hybridized carbons (Fsp3) is 1.00. The van der Waals surface area contributed by atoms with Gasteiger partial charge in [0.2, 0.25) is 0 Å². The number of ether oxygens (including phenoxy) is 1. The lowest BCUT2D eigenvalue weighted by Gasteiger charge is -2.15. The Kier molecular flexibility index (Phi) is 2.62. The average molecular weight is 117 g/mol. The number of nitrogens with zero attached hydrogens (tertiary/aromatic N) is 1. The van der Waals surface area contributed by atoms with Crippen LogP contribution in [0, 0.1) is 4.91 Å². The van der Waals surface area contributed by atoms with Crippen LogP contribution in [0.2, 0.25) is 0 Å². The first-order valence-corrected chi connectivity index (χ1v) is 2.58. The van der Waals surface area contributed by atoms with Crippen LogP contribution < -0.4 is 0 Å².